The molecule has 3 rings (SSSR count). The smallest absolute Gasteiger partial charge is 0.309 e. The molecule has 114 valence electrons. The van der Waals surface area contributed by atoms with E-state index in [0.29, 0.717) is 24.0 Å². The van der Waals surface area contributed by atoms with E-state index in [9.17, 15) is 9.59 Å². The van der Waals surface area contributed by atoms with Gasteiger partial charge in [0.15, 0.2) is 0 Å². The summed E-state index contributed by atoms with van der Waals surface area (Å²) < 4.78 is 1.58. The third-order valence-electron chi connectivity index (χ3n) is 3.14. The lowest BCUT2D eigenvalue weighted by molar-refractivity contribution is -0.136. The van der Waals surface area contributed by atoms with Crippen molar-refractivity contribution < 1.29 is 9.90 Å². The van der Waals surface area contributed by atoms with Crippen molar-refractivity contribution in [3.63, 3.8) is 0 Å². The second-order valence-electron chi connectivity index (χ2n) is 4.87. The van der Waals surface area contributed by atoms with Gasteiger partial charge in [-0.3, -0.25) is 14.2 Å². The van der Waals surface area contributed by atoms with E-state index in [1.807, 2.05) is 13.0 Å². The van der Waals surface area contributed by atoms with Gasteiger partial charge >= 0.3 is 5.97 Å². The van der Waals surface area contributed by atoms with E-state index in [-0.39, 0.29) is 12.0 Å². The summed E-state index contributed by atoms with van der Waals surface area (Å²) in [7, 11) is 0. The summed E-state index contributed by atoms with van der Waals surface area (Å²) in [6.45, 7) is 2.44. The first kappa shape index (κ1) is 14.9. The first-order valence-corrected chi connectivity index (χ1v) is 8.33. The quantitative estimate of drug-likeness (QED) is 0.772. The van der Waals surface area contributed by atoms with E-state index in [0.717, 1.165) is 14.7 Å². The Bertz CT molecular complexity index is 894. The molecule has 6 nitrogen and oxygen atoms in total. The predicted octanol–water partition coefficient (Wildman–Crippen LogP) is 2.09. The molecule has 1 N–H and O–H groups in total. The largest absolute Gasteiger partial charge is 0.481 e. The second kappa shape index (κ2) is 5.98. The molecular formula is C14H13N3O3S2. The highest BCUT2D eigenvalue weighted by molar-refractivity contribution is 7.18. The van der Waals surface area contributed by atoms with Crippen molar-refractivity contribution in [3.05, 3.63) is 43.7 Å². The zero-order valence-corrected chi connectivity index (χ0v) is 13.4. The topological polar surface area (TPSA) is 85.1 Å². The summed E-state index contributed by atoms with van der Waals surface area (Å²) in [4.78, 5) is 33.4. The fraction of sp³-hybridized carbons (Fsp3) is 0.286. The number of aliphatic carboxylic acids is 1. The number of carbonyl (C=O) groups is 1. The van der Waals surface area contributed by atoms with Gasteiger partial charge in [-0.05, 0) is 13.0 Å². The van der Waals surface area contributed by atoms with Crippen molar-refractivity contribution >= 4 is 38.9 Å². The van der Waals surface area contributed by atoms with Gasteiger partial charge in [0.2, 0.25) is 0 Å². The molecule has 3 aromatic heterocycles. The van der Waals surface area contributed by atoms with Crippen LogP contribution in [0.4, 0.5) is 0 Å². The van der Waals surface area contributed by atoms with E-state index in [1.165, 1.54) is 22.7 Å². The van der Waals surface area contributed by atoms with Crippen LogP contribution in [-0.4, -0.2) is 25.6 Å². The summed E-state index contributed by atoms with van der Waals surface area (Å²) in [6, 6.07) is 1.86. The number of nitrogens with zero attached hydrogens (tertiary/aromatic N) is 3. The van der Waals surface area contributed by atoms with Gasteiger partial charge in [0.05, 0.1) is 28.8 Å². The number of hydrogen-bond acceptors (Lipinski definition) is 6. The molecule has 0 aliphatic carbocycles. The van der Waals surface area contributed by atoms with Crippen LogP contribution in [0.3, 0.4) is 0 Å². The van der Waals surface area contributed by atoms with Crippen molar-refractivity contribution in [2.75, 3.05) is 0 Å². The first-order chi connectivity index (χ1) is 10.5. The maximum Gasteiger partial charge on any atom is 0.309 e. The molecule has 0 aliphatic heterocycles. The lowest BCUT2D eigenvalue weighted by atomic mass is 10.3. The monoisotopic (exact) mass is 335 g/mol. The number of carboxylic acid groups (broad SMARTS) is 1. The van der Waals surface area contributed by atoms with Crippen molar-refractivity contribution in [1.29, 1.82) is 0 Å². The maximum atomic E-state index is 12.3. The van der Waals surface area contributed by atoms with Gasteiger partial charge in [-0.1, -0.05) is 0 Å². The number of thiophene rings is 1. The number of hydrogen-bond donors (Lipinski definition) is 1. The standard InChI is InChI=1S/C14H13N3O3S2/c1-8-4-10-13(22-8)15-7-17(14(10)20)3-2-11-16-9(6-21-11)5-12(18)19/h4,6-7H,2-3,5H2,1H3,(H,18,19). The molecule has 0 aromatic carbocycles. The van der Waals surface area contributed by atoms with Gasteiger partial charge in [0.25, 0.3) is 5.56 Å². The highest BCUT2D eigenvalue weighted by Gasteiger charge is 2.09. The third-order valence-corrected chi connectivity index (χ3v) is 5.06. The third kappa shape index (κ3) is 3.07. The zero-order valence-electron chi connectivity index (χ0n) is 11.8. The summed E-state index contributed by atoms with van der Waals surface area (Å²) in [5, 5.41) is 12.0. The van der Waals surface area contributed by atoms with Gasteiger partial charge in [-0.25, -0.2) is 9.97 Å². The summed E-state index contributed by atoms with van der Waals surface area (Å²) in [5.41, 5.74) is 0.513. The molecular weight excluding hydrogens is 322 g/mol. The Labute approximate surface area is 133 Å². The summed E-state index contributed by atoms with van der Waals surface area (Å²) in [5.74, 6) is -0.893. The van der Waals surface area contributed by atoms with Crippen LogP contribution in [0.15, 0.2) is 22.6 Å². The number of carboxylic acids is 1. The Morgan fingerprint density at radius 2 is 2.27 bits per heavy atom. The van der Waals surface area contributed by atoms with E-state index in [4.69, 9.17) is 5.11 Å². The highest BCUT2D eigenvalue weighted by Crippen LogP contribution is 2.19. The van der Waals surface area contributed by atoms with Crippen LogP contribution >= 0.6 is 22.7 Å². The SMILES string of the molecule is Cc1cc2c(=O)n(CCc3nc(CC(=O)O)cs3)cnc2s1. The predicted molar refractivity (Wildman–Crippen MR) is 85.8 cm³/mol. The molecule has 8 heteroatoms. The zero-order chi connectivity index (χ0) is 15.7. The van der Waals surface area contributed by atoms with E-state index < -0.39 is 5.97 Å². The molecule has 0 amide bonds. The normalized spacial score (nSPS) is 11.1. The van der Waals surface area contributed by atoms with Gasteiger partial charge in [-0.15, -0.1) is 22.7 Å². The van der Waals surface area contributed by atoms with Crippen molar-refractivity contribution in [2.24, 2.45) is 0 Å². The Kier molecular flexibility index (Phi) is 4.04. The molecule has 0 saturated heterocycles. The average Bonchev–Trinajstić information content (AvgIpc) is 3.04. The van der Waals surface area contributed by atoms with Crippen LogP contribution in [0.2, 0.25) is 0 Å². The number of aryl methyl sites for hydroxylation is 3. The Hall–Kier alpha value is -2.06. The number of thiazole rings is 1. The van der Waals surface area contributed by atoms with Crippen LogP contribution in [0.25, 0.3) is 10.2 Å². The van der Waals surface area contributed by atoms with E-state index >= 15 is 0 Å². The molecule has 0 unspecified atom stereocenters. The highest BCUT2D eigenvalue weighted by atomic mass is 32.1. The molecule has 3 heterocycles. The first-order valence-electron chi connectivity index (χ1n) is 6.63. The van der Waals surface area contributed by atoms with Crippen LogP contribution in [0, 0.1) is 6.92 Å². The van der Waals surface area contributed by atoms with Gasteiger partial charge in [-0.2, -0.15) is 0 Å². The van der Waals surface area contributed by atoms with Gasteiger partial charge in [0, 0.05) is 23.2 Å². The molecule has 0 atom stereocenters. The number of aromatic nitrogens is 3. The molecule has 0 aliphatic rings. The van der Waals surface area contributed by atoms with Crippen molar-refractivity contribution in [1.82, 2.24) is 14.5 Å². The lowest BCUT2D eigenvalue weighted by Gasteiger charge is -2.03. The van der Waals surface area contributed by atoms with Crippen LogP contribution in [0.5, 0.6) is 0 Å². The van der Waals surface area contributed by atoms with E-state index in [1.54, 1.807) is 16.3 Å². The summed E-state index contributed by atoms with van der Waals surface area (Å²) in [6.07, 6.45) is 2.07. The molecule has 0 bridgehead atoms. The fourth-order valence-electron chi connectivity index (χ4n) is 2.16. The molecule has 0 radical (unpaired) electrons. The average molecular weight is 335 g/mol. The maximum absolute atomic E-state index is 12.3. The minimum atomic E-state index is -0.893. The molecule has 3 aromatic rings. The van der Waals surface area contributed by atoms with Crippen LogP contribution in [-0.2, 0) is 24.2 Å². The summed E-state index contributed by atoms with van der Waals surface area (Å²) >= 11 is 2.92. The number of rotatable bonds is 5. The van der Waals surface area contributed by atoms with Crippen LogP contribution in [0.1, 0.15) is 15.6 Å². The minimum absolute atomic E-state index is 0.0448. The number of fused-ring (bicyclic) bond motifs is 1. The van der Waals surface area contributed by atoms with Crippen molar-refractivity contribution in [3.8, 4) is 0 Å². The Balaban J connectivity index is 1.76. The van der Waals surface area contributed by atoms with Crippen LogP contribution < -0.4 is 5.56 Å². The fourth-order valence-corrected chi connectivity index (χ4v) is 3.78. The Morgan fingerprint density at radius 1 is 1.45 bits per heavy atom. The van der Waals surface area contributed by atoms with Gasteiger partial charge in [0.1, 0.15) is 4.83 Å². The van der Waals surface area contributed by atoms with Crippen molar-refractivity contribution in [2.45, 2.75) is 26.3 Å². The molecule has 0 fully saturated rings. The molecule has 22 heavy (non-hydrogen) atoms. The molecule has 0 spiro atoms. The molecule has 0 saturated carbocycles. The van der Waals surface area contributed by atoms with E-state index in [2.05, 4.69) is 9.97 Å². The van der Waals surface area contributed by atoms with Gasteiger partial charge < -0.3 is 5.11 Å². The Morgan fingerprint density at radius 3 is 3.05 bits per heavy atom. The lowest BCUT2D eigenvalue weighted by Crippen LogP contribution is -2.20. The minimum Gasteiger partial charge on any atom is -0.481 e. The second-order valence-corrected chi connectivity index (χ2v) is 7.05.